The number of carbonyl (C=O) groups is 1. The quantitative estimate of drug-likeness (QED) is 0.256. The van der Waals surface area contributed by atoms with Crippen molar-refractivity contribution in [1.82, 2.24) is 0 Å². The fourth-order valence-electron chi connectivity index (χ4n) is 3.06. The molecular weight excluding hydrogens is 504 g/mol. The minimum atomic E-state index is -0.505. The van der Waals surface area contributed by atoms with E-state index in [1.165, 1.54) is 6.08 Å². The van der Waals surface area contributed by atoms with E-state index in [0.29, 0.717) is 41.0 Å². The van der Waals surface area contributed by atoms with Crippen LogP contribution < -0.4 is 14.8 Å². The topological polar surface area (TPSA) is 71.3 Å². The predicted octanol–water partition coefficient (Wildman–Crippen LogP) is 6.93. The Balaban J connectivity index is 1.87. The Kier molecular flexibility index (Phi) is 8.53. The van der Waals surface area contributed by atoms with Gasteiger partial charge in [-0.25, -0.2) is 0 Å². The molecule has 0 fully saturated rings. The molecular formula is C26H22BrClN2O3. The zero-order valence-corrected chi connectivity index (χ0v) is 20.5. The van der Waals surface area contributed by atoms with E-state index in [2.05, 4.69) is 21.2 Å². The molecule has 0 saturated heterocycles. The number of nitriles is 1. The van der Waals surface area contributed by atoms with Crippen LogP contribution in [0.4, 0.5) is 5.69 Å². The molecule has 0 aliphatic rings. The highest BCUT2D eigenvalue weighted by atomic mass is 79.9. The number of carbonyl (C=O) groups excluding carboxylic acids is 1. The number of hydrogen-bond acceptors (Lipinski definition) is 4. The maximum absolute atomic E-state index is 12.7. The Morgan fingerprint density at radius 1 is 1.15 bits per heavy atom. The summed E-state index contributed by atoms with van der Waals surface area (Å²) in [5.74, 6) is 0.323. The minimum Gasteiger partial charge on any atom is -0.490 e. The molecule has 0 atom stereocenters. The zero-order chi connectivity index (χ0) is 23.8. The number of aryl methyl sites for hydroxylation is 1. The summed E-state index contributed by atoms with van der Waals surface area (Å²) in [4.78, 5) is 12.7. The van der Waals surface area contributed by atoms with Gasteiger partial charge in [-0.1, -0.05) is 63.9 Å². The minimum absolute atomic E-state index is 0.0568. The highest BCUT2D eigenvalue weighted by Gasteiger charge is 2.16. The highest BCUT2D eigenvalue weighted by molar-refractivity contribution is 9.10. The molecule has 0 radical (unpaired) electrons. The largest absolute Gasteiger partial charge is 0.490 e. The van der Waals surface area contributed by atoms with Crippen LogP contribution in [-0.2, 0) is 11.4 Å². The fourth-order valence-corrected chi connectivity index (χ4v) is 3.73. The Bertz CT molecular complexity index is 1230. The van der Waals surface area contributed by atoms with Crippen LogP contribution in [0.15, 0.2) is 70.7 Å². The first-order chi connectivity index (χ1) is 15.9. The molecule has 0 aliphatic heterocycles. The van der Waals surface area contributed by atoms with Crippen molar-refractivity contribution in [2.75, 3.05) is 11.9 Å². The molecule has 3 aromatic rings. The van der Waals surface area contributed by atoms with E-state index >= 15 is 0 Å². The lowest BCUT2D eigenvalue weighted by Gasteiger charge is -2.15. The molecule has 3 rings (SSSR count). The van der Waals surface area contributed by atoms with Crippen molar-refractivity contribution < 1.29 is 14.3 Å². The van der Waals surface area contributed by atoms with Gasteiger partial charge in [-0.15, -0.1) is 0 Å². The van der Waals surface area contributed by atoms with Gasteiger partial charge in [0.2, 0.25) is 0 Å². The van der Waals surface area contributed by atoms with Crippen molar-refractivity contribution in [2.24, 2.45) is 0 Å². The molecule has 0 aromatic heterocycles. The lowest BCUT2D eigenvalue weighted by atomic mass is 10.1. The molecule has 1 N–H and O–H groups in total. The summed E-state index contributed by atoms with van der Waals surface area (Å²) in [5, 5.41) is 12.6. The van der Waals surface area contributed by atoms with E-state index in [-0.39, 0.29) is 5.57 Å². The van der Waals surface area contributed by atoms with Crippen LogP contribution >= 0.6 is 27.5 Å². The maximum atomic E-state index is 12.7. The van der Waals surface area contributed by atoms with E-state index in [4.69, 9.17) is 21.1 Å². The monoisotopic (exact) mass is 524 g/mol. The van der Waals surface area contributed by atoms with Crippen molar-refractivity contribution in [1.29, 1.82) is 5.26 Å². The van der Waals surface area contributed by atoms with Crippen molar-refractivity contribution >= 4 is 45.2 Å². The summed E-state index contributed by atoms with van der Waals surface area (Å²) in [7, 11) is 0. The maximum Gasteiger partial charge on any atom is 0.266 e. The molecule has 3 aromatic carbocycles. The van der Waals surface area contributed by atoms with Gasteiger partial charge in [0.05, 0.1) is 11.6 Å². The van der Waals surface area contributed by atoms with Crippen LogP contribution in [-0.4, -0.2) is 12.5 Å². The molecule has 0 saturated carbocycles. The van der Waals surface area contributed by atoms with Gasteiger partial charge < -0.3 is 14.8 Å². The second-order valence-corrected chi connectivity index (χ2v) is 8.34. The number of nitrogens with zero attached hydrogens (tertiary/aromatic N) is 1. The van der Waals surface area contributed by atoms with Crippen molar-refractivity contribution in [3.05, 3.63) is 92.4 Å². The Hall–Kier alpha value is -3.27. The predicted molar refractivity (Wildman–Crippen MR) is 134 cm³/mol. The smallest absolute Gasteiger partial charge is 0.266 e. The van der Waals surface area contributed by atoms with Crippen LogP contribution in [0.2, 0.25) is 5.02 Å². The number of amides is 1. The number of halogens is 2. The third kappa shape index (κ3) is 6.38. The number of nitrogens with one attached hydrogen (secondary N) is 1. The molecule has 0 heterocycles. The van der Waals surface area contributed by atoms with Crippen molar-refractivity contribution in [3.63, 3.8) is 0 Å². The van der Waals surface area contributed by atoms with Gasteiger partial charge in [0.15, 0.2) is 11.5 Å². The molecule has 0 spiro atoms. The second kappa shape index (κ2) is 11.6. The molecule has 5 nitrogen and oxygen atoms in total. The number of hydrogen-bond donors (Lipinski definition) is 1. The first kappa shape index (κ1) is 24.4. The van der Waals surface area contributed by atoms with E-state index < -0.39 is 5.91 Å². The zero-order valence-electron chi connectivity index (χ0n) is 18.2. The third-order valence-corrected chi connectivity index (χ3v) is 5.79. The van der Waals surface area contributed by atoms with Crippen LogP contribution in [0.5, 0.6) is 11.5 Å². The SMILES string of the molecule is CCOc1cc(/C=C(\C#N)C(=O)Nc2ccccc2C)cc(Cl)c1OCc1ccccc1Br. The first-order valence-corrected chi connectivity index (χ1v) is 11.4. The Labute approximate surface area is 206 Å². The third-order valence-electron chi connectivity index (χ3n) is 4.73. The normalized spacial score (nSPS) is 10.9. The van der Waals surface area contributed by atoms with Crippen LogP contribution in [0.1, 0.15) is 23.6 Å². The van der Waals surface area contributed by atoms with E-state index in [1.54, 1.807) is 18.2 Å². The summed E-state index contributed by atoms with van der Waals surface area (Å²) in [5.41, 5.74) is 3.00. The van der Waals surface area contributed by atoms with Gasteiger partial charge in [0.1, 0.15) is 18.2 Å². The second-order valence-electron chi connectivity index (χ2n) is 7.08. The summed E-state index contributed by atoms with van der Waals surface area (Å²) in [6.45, 7) is 4.42. The number of benzene rings is 3. The average Bonchev–Trinajstić information content (AvgIpc) is 2.79. The summed E-state index contributed by atoms with van der Waals surface area (Å²) < 4.78 is 12.6. The van der Waals surface area contributed by atoms with Crippen LogP contribution in [0.3, 0.4) is 0 Å². The van der Waals surface area contributed by atoms with Gasteiger partial charge in [0, 0.05) is 15.7 Å². The van der Waals surface area contributed by atoms with Gasteiger partial charge in [0.25, 0.3) is 5.91 Å². The molecule has 168 valence electrons. The van der Waals surface area contributed by atoms with E-state index in [1.807, 2.05) is 62.4 Å². The number of anilines is 1. The first-order valence-electron chi connectivity index (χ1n) is 10.2. The Morgan fingerprint density at radius 3 is 2.58 bits per heavy atom. The molecule has 0 unspecified atom stereocenters. The number of para-hydroxylation sites is 1. The number of ether oxygens (including phenoxy) is 2. The molecule has 0 aliphatic carbocycles. The lowest BCUT2D eigenvalue weighted by Crippen LogP contribution is -2.14. The average molecular weight is 526 g/mol. The van der Waals surface area contributed by atoms with Gasteiger partial charge in [-0.3, -0.25) is 4.79 Å². The summed E-state index contributed by atoms with van der Waals surface area (Å²) in [6, 6.07) is 20.4. The van der Waals surface area contributed by atoms with E-state index in [9.17, 15) is 10.1 Å². The molecule has 0 bridgehead atoms. The Morgan fingerprint density at radius 2 is 1.88 bits per heavy atom. The van der Waals surface area contributed by atoms with Gasteiger partial charge in [-0.05, 0) is 55.3 Å². The fraction of sp³-hybridized carbons (Fsp3) is 0.154. The lowest BCUT2D eigenvalue weighted by molar-refractivity contribution is -0.112. The molecule has 33 heavy (non-hydrogen) atoms. The van der Waals surface area contributed by atoms with Crippen LogP contribution in [0.25, 0.3) is 6.08 Å². The van der Waals surface area contributed by atoms with Crippen molar-refractivity contribution in [2.45, 2.75) is 20.5 Å². The van der Waals surface area contributed by atoms with E-state index in [0.717, 1.165) is 15.6 Å². The molecule has 7 heteroatoms. The van der Waals surface area contributed by atoms with Gasteiger partial charge >= 0.3 is 0 Å². The standard InChI is InChI=1S/C26H22BrClN2O3/c1-3-32-24-14-18(12-20(15-29)26(31)30-23-11-7-4-8-17(23)2)13-22(28)25(24)33-16-19-9-5-6-10-21(19)27/h4-14H,3,16H2,1-2H3,(H,30,31)/b20-12+. The van der Waals surface area contributed by atoms with Crippen LogP contribution in [0, 0.1) is 18.3 Å². The summed E-state index contributed by atoms with van der Waals surface area (Å²) >= 11 is 10.0. The molecule has 1 amide bonds. The van der Waals surface area contributed by atoms with Crippen molar-refractivity contribution in [3.8, 4) is 17.6 Å². The number of rotatable bonds is 8. The summed E-state index contributed by atoms with van der Waals surface area (Å²) in [6.07, 6.45) is 1.47. The van der Waals surface area contributed by atoms with Gasteiger partial charge in [-0.2, -0.15) is 5.26 Å². The highest BCUT2D eigenvalue weighted by Crippen LogP contribution is 2.38.